The Morgan fingerprint density at radius 3 is 2.26 bits per heavy atom. The van der Waals surface area contributed by atoms with Crippen LogP contribution in [0.3, 0.4) is 0 Å². The summed E-state index contributed by atoms with van der Waals surface area (Å²) in [5.74, 6) is -0.117. The number of carbonyl (C=O) groups excluding carboxylic acids is 2. The van der Waals surface area contributed by atoms with Crippen molar-refractivity contribution in [2.24, 2.45) is 5.41 Å². The van der Waals surface area contributed by atoms with Gasteiger partial charge in [0.25, 0.3) is 5.91 Å². The minimum atomic E-state index is -1.16. The van der Waals surface area contributed by atoms with E-state index in [1.54, 1.807) is 30.2 Å². The third-order valence-electron chi connectivity index (χ3n) is 9.90. The number of para-hydroxylation sites is 1. The number of amides is 2. The number of aryl methyl sites for hydroxylation is 1. The number of carbonyl (C=O) groups is 2. The van der Waals surface area contributed by atoms with Crippen LogP contribution in [0, 0.1) is 11.2 Å². The summed E-state index contributed by atoms with van der Waals surface area (Å²) in [5, 5.41) is 6.32. The van der Waals surface area contributed by atoms with E-state index in [1.165, 1.54) is 11.6 Å². The Morgan fingerprint density at radius 2 is 1.53 bits per heavy atom. The number of hydrogen-bond donors (Lipinski definition) is 2. The van der Waals surface area contributed by atoms with Gasteiger partial charge < -0.3 is 29.7 Å². The molecule has 0 radical (unpaired) electrons. The first-order valence-corrected chi connectivity index (χ1v) is 19.8. The topological polar surface area (TPSA) is 89.1 Å². The second-order valence-corrected chi connectivity index (χ2v) is 15.6. The molecule has 0 aromatic heterocycles. The molecule has 0 spiro atoms. The predicted molar refractivity (Wildman–Crippen MR) is 231 cm³/mol. The molecule has 58 heavy (non-hydrogen) atoms. The summed E-state index contributed by atoms with van der Waals surface area (Å²) in [6.45, 7) is 8.78. The molecule has 0 saturated heterocycles. The Morgan fingerprint density at radius 1 is 0.828 bits per heavy atom. The van der Waals surface area contributed by atoms with Gasteiger partial charge in [0.2, 0.25) is 5.91 Å². The standard InChI is InChI=1S/C48H54FN3O5.ClH/c1-48(2,3)33-52-41-26-25-36(35-19-9-6-10-20-35)30-39(41)45(57-43(47(52)54)31-44(53)51-32-37-21-11-12-23-40(37)49)38-22-13-24-42(46(38)55-4)56-29-15-28-50-27-14-18-34-16-7-5-8-17-34;/h5-13,16-17,19-26,30,43,45,50H,14-15,18,27-29,31-33H2,1-4H3,(H,51,53);1H/t43-,45-;/m0./s1. The Labute approximate surface area is 348 Å². The zero-order valence-corrected chi connectivity index (χ0v) is 34.7. The van der Waals surface area contributed by atoms with Crippen molar-refractivity contribution in [3.63, 3.8) is 0 Å². The Hall–Kier alpha value is -5.22. The average Bonchev–Trinajstić information content (AvgIpc) is 3.32. The number of fused-ring (bicyclic) bond motifs is 1. The molecule has 6 rings (SSSR count). The molecular weight excluding hydrogens is 753 g/mol. The van der Waals surface area contributed by atoms with Crippen molar-refractivity contribution in [1.82, 2.24) is 10.6 Å². The molecular formula is C48H55ClFN3O5. The van der Waals surface area contributed by atoms with Gasteiger partial charge in [-0.2, -0.15) is 0 Å². The molecule has 0 unspecified atom stereocenters. The SMILES string of the molecule is COc1c(OCCCNCCCc2ccccc2)cccc1[C@@H]1O[C@@H](CC(=O)NCc2ccccc2F)C(=O)N(CC(C)(C)C)c2ccc(-c3ccccc3)cc21.Cl. The van der Waals surface area contributed by atoms with E-state index in [-0.39, 0.29) is 36.7 Å². The highest BCUT2D eigenvalue weighted by Crippen LogP contribution is 2.46. The number of rotatable bonds is 17. The van der Waals surface area contributed by atoms with Crippen molar-refractivity contribution in [2.75, 3.05) is 38.3 Å². The van der Waals surface area contributed by atoms with Crippen LogP contribution in [0.15, 0.2) is 121 Å². The molecule has 8 nitrogen and oxygen atoms in total. The van der Waals surface area contributed by atoms with Gasteiger partial charge in [0.15, 0.2) is 11.5 Å². The van der Waals surface area contributed by atoms with Gasteiger partial charge in [0, 0.05) is 35.5 Å². The lowest BCUT2D eigenvalue weighted by Crippen LogP contribution is -2.45. The van der Waals surface area contributed by atoms with Crippen LogP contribution in [0.2, 0.25) is 0 Å². The Bertz CT molecular complexity index is 2090. The van der Waals surface area contributed by atoms with Gasteiger partial charge in [0.1, 0.15) is 18.0 Å². The van der Waals surface area contributed by atoms with Gasteiger partial charge in [-0.25, -0.2) is 4.39 Å². The molecule has 0 fully saturated rings. The number of methoxy groups -OCH3 is 1. The van der Waals surface area contributed by atoms with Crippen molar-refractivity contribution < 1.29 is 28.2 Å². The molecule has 5 aromatic carbocycles. The third kappa shape index (κ3) is 11.7. The molecule has 0 bridgehead atoms. The second kappa shape index (κ2) is 21.0. The Balaban J connectivity index is 0.00000641. The van der Waals surface area contributed by atoms with Crippen molar-refractivity contribution in [3.05, 3.63) is 149 Å². The maximum atomic E-state index is 14.6. The molecule has 1 aliphatic rings. The summed E-state index contributed by atoms with van der Waals surface area (Å²) in [5.41, 5.74) is 5.50. The van der Waals surface area contributed by atoms with Crippen molar-refractivity contribution in [1.29, 1.82) is 0 Å². The third-order valence-corrected chi connectivity index (χ3v) is 9.90. The van der Waals surface area contributed by atoms with E-state index in [0.717, 1.165) is 49.0 Å². The van der Waals surface area contributed by atoms with Gasteiger partial charge in [-0.15, -0.1) is 12.4 Å². The van der Waals surface area contributed by atoms with Crippen LogP contribution < -0.4 is 25.0 Å². The zero-order valence-electron chi connectivity index (χ0n) is 33.8. The van der Waals surface area contributed by atoms with Gasteiger partial charge in [0.05, 0.1) is 20.1 Å². The van der Waals surface area contributed by atoms with E-state index in [2.05, 4.69) is 61.7 Å². The monoisotopic (exact) mass is 807 g/mol. The predicted octanol–water partition coefficient (Wildman–Crippen LogP) is 9.49. The van der Waals surface area contributed by atoms with E-state index in [1.807, 2.05) is 66.7 Å². The molecule has 2 atom stereocenters. The Kier molecular flexibility index (Phi) is 15.9. The number of nitrogens with zero attached hydrogens (tertiary/aromatic N) is 1. The number of ether oxygens (including phenoxy) is 3. The van der Waals surface area contributed by atoms with Crippen LogP contribution in [0.4, 0.5) is 10.1 Å². The van der Waals surface area contributed by atoms with Gasteiger partial charge in [-0.1, -0.05) is 118 Å². The molecule has 306 valence electrons. The van der Waals surface area contributed by atoms with E-state index in [0.29, 0.717) is 41.5 Å². The average molecular weight is 808 g/mol. The minimum absolute atomic E-state index is 0. The molecule has 10 heteroatoms. The van der Waals surface area contributed by atoms with E-state index < -0.39 is 23.9 Å². The fourth-order valence-corrected chi connectivity index (χ4v) is 7.14. The minimum Gasteiger partial charge on any atom is -0.492 e. The lowest BCUT2D eigenvalue weighted by Gasteiger charge is -2.31. The van der Waals surface area contributed by atoms with Gasteiger partial charge >= 0.3 is 0 Å². The molecule has 1 aliphatic heterocycles. The molecule has 2 amide bonds. The van der Waals surface area contributed by atoms with Gasteiger partial charge in [-0.05, 0) is 78.7 Å². The summed E-state index contributed by atoms with van der Waals surface area (Å²) < 4.78 is 33.7. The summed E-state index contributed by atoms with van der Waals surface area (Å²) in [4.78, 5) is 29.9. The highest BCUT2D eigenvalue weighted by molar-refractivity contribution is 6.00. The quantitative estimate of drug-likeness (QED) is 0.0911. The van der Waals surface area contributed by atoms with Crippen molar-refractivity contribution in [2.45, 2.75) is 65.2 Å². The van der Waals surface area contributed by atoms with Crippen LogP contribution in [-0.2, 0) is 27.3 Å². The molecule has 0 saturated carbocycles. The summed E-state index contributed by atoms with van der Waals surface area (Å²) in [7, 11) is 1.60. The van der Waals surface area contributed by atoms with Crippen molar-refractivity contribution in [3.8, 4) is 22.6 Å². The van der Waals surface area contributed by atoms with Crippen LogP contribution in [0.25, 0.3) is 11.1 Å². The number of halogens is 2. The number of anilines is 1. The van der Waals surface area contributed by atoms with Crippen LogP contribution >= 0.6 is 12.4 Å². The lowest BCUT2D eigenvalue weighted by molar-refractivity contribution is -0.138. The number of nitrogens with one attached hydrogen (secondary N) is 2. The van der Waals surface area contributed by atoms with E-state index in [4.69, 9.17) is 14.2 Å². The maximum absolute atomic E-state index is 14.6. The van der Waals surface area contributed by atoms with E-state index >= 15 is 0 Å². The van der Waals surface area contributed by atoms with Crippen molar-refractivity contribution >= 4 is 29.9 Å². The van der Waals surface area contributed by atoms with Crippen LogP contribution in [0.1, 0.15) is 68.4 Å². The molecule has 5 aromatic rings. The second-order valence-electron chi connectivity index (χ2n) is 15.6. The highest BCUT2D eigenvalue weighted by atomic mass is 35.5. The normalized spacial score (nSPS) is 15.2. The fraction of sp³-hybridized carbons (Fsp3) is 0.333. The zero-order chi connectivity index (χ0) is 40.2. The molecule has 2 N–H and O–H groups in total. The largest absolute Gasteiger partial charge is 0.492 e. The number of hydrogen-bond acceptors (Lipinski definition) is 6. The first-order chi connectivity index (χ1) is 27.6. The van der Waals surface area contributed by atoms with Crippen LogP contribution in [-0.4, -0.2) is 51.3 Å². The fourth-order valence-electron chi connectivity index (χ4n) is 7.14. The summed E-state index contributed by atoms with van der Waals surface area (Å²) in [6, 6.07) is 38.6. The highest BCUT2D eigenvalue weighted by Gasteiger charge is 2.40. The number of benzene rings is 5. The smallest absolute Gasteiger partial charge is 0.256 e. The molecule has 0 aliphatic carbocycles. The first kappa shape index (κ1) is 43.9. The van der Waals surface area contributed by atoms with E-state index in [9.17, 15) is 14.0 Å². The van der Waals surface area contributed by atoms with Crippen LogP contribution in [0.5, 0.6) is 11.5 Å². The molecule has 1 heterocycles. The first-order valence-electron chi connectivity index (χ1n) is 19.8. The van der Waals surface area contributed by atoms with Gasteiger partial charge in [-0.3, -0.25) is 9.59 Å². The summed E-state index contributed by atoms with van der Waals surface area (Å²) >= 11 is 0. The summed E-state index contributed by atoms with van der Waals surface area (Å²) in [6.07, 6.45) is 0.647. The lowest BCUT2D eigenvalue weighted by atomic mass is 9.92. The maximum Gasteiger partial charge on any atom is 0.256 e.